The fourth-order valence-electron chi connectivity index (χ4n) is 4.32. The lowest BCUT2D eigenvalue weighted by molar-refractivity contribution is 0.222. The lowest BCUT2D eigenvalue weighted by Crippen LogP contribution is -2.47. The smallest absolute Gasteiger partial charge is 0.0139 e. The molecular weight excluding hydrogens is 242 g/mol. The third kappa shape index (κ3) is 2.93. The van der Waals surface area contributed by atoms with Gasteiger partial charge in [-0.1, -0.05) is 63.4 Å². The number of hydrogen-bond donors (Lipinski definition) is 1. The molecule has 110 valence electrons. The summed E-state index contributed by atoms with van der Waals surface area (Å²) in [5.74, 6) is 0.723. The van der Waals surface area contributed by atoms with E-state index in [-0.39, 0.29) is 0 Å². The number of nitrogens with one attached hydrogen (secondary N) is 1. The highest BCUT2D eigenvalue weighted by Gasteiger charge is 2.37. The summed E-state index contributed by atoms with van der Waals surface area (Å²) in [5.41, 5.74) is 2.03. The maximum Gasteiger partial charge on any atom is 0.0139 e. The van der Waals surface area contributed by atoms with E-state index in [2.05, 4.69) is 49.5 Å². The Kier molecular flexibility index (Phi) is 4.16. The van der Waals surface area contributed by atoms with E-state index in [0.29, 0.717) is 11.5 Å². The lowest BCUT2D eigenvalue weighted by atomic mass is 9.78. The van der Waals surface area contributed by atoms with Crippen LogP contribution in [-0.4, -0.2) is 12.1 Å². The van der Waals surface area contributed by atoms with E-state index in [1.165, 1.54) is 44.9 Å². The van der Waals surface area contributed by atoms with Gasteiger partial charge in [0, 0.05) is 12.1 Å². The Morgan fingerprint density at radius 3 is 2.40 bits per heavy atom. The quantitative estimate of drug-likeness (QED) is 0.826. The summed E-state index contributed by atoms with van der Waals surface area (Å²) in [7, 11) is 0. The molecule has 20 heavy (non-hydrogen) atoms. The Morgan fingerprint density at radius 1 is 0.950 bits per heavy atom. The molecule has 0 radical (unpaired) electrons. The molecule has 0 amide bonds. The van der Waals surface area contributed by atoms with Gasteiger partial charge < -0.3 is 5.32 Å². The van der Waals surface area contributed by atoms with Gasteiger partial charge >= 0.3 is 0 Å². The van der Waals surface area contributed by atoms with Gasteiger partial charge in [0.15, 0.2) is 0 Å². The third-order valence-corrected chi connectivity index (χ3v) is 5.67. The van der Waals surface area contributed by atoms with Gasteiger partial charge in [0.1, 0.15) is 0 Å². The van der Waals surface area contributed by atoms with Gasteiger partial charge in [-0.25, -0.2) is 0 Å². The number of rotatable bonds is 3. The maximum absolute atomic E-state index is 4.06. The molecule has 3 atom stereocenters. The second-order valence-corrected chi connectivity index (χ2v) is 7.51. The highest BCUT2D eigenvalue weighted by Crippen LogP contribution is 2.40. The van der Waals surface area contributed by atoms with Gasteiger partial charge in [0.25, 0.3) is 0 Å². The zero-order chi connectivity index (χ0) is 14.0. The van der Waals surface area contributed by atoms with Crippen LogP contribution in [0.2, 0.25) is 0 Å². The van der Waals surface area contributed by atoms with Crippen molar-refractivity contribution in [3.63, 3.8) is 0 Å². The topological polar surface area (TPSA) is 12.0 Å². The SMILES string of the molecule is CC1(C)CCCC1NC1CCCCC1c1ccccc1. The van der Waals surface area contributed by atoms with E-state index >= 15 is 0 Å². The highest BCUT2D eigenvalue weighted by atomic mass is 15.0. The zero-order valence-corrected chi connectivity index (χ0v) is 13.1. The molecule has 3 unspecified atom stereocenters. The van der Waals surface area contributed by atoms with Crippen molar-refractivity contribution in [1.29, 1.82) is 0 Å². The Labute approximate surface area is 124 Å². The van der Waals surface area contributed by atoms with Gasteiger partial charge in [-0.15, -0.1) is 0 Å². The predicted molar refractivity (Wildman–Crippen MR) is 86.0 cm³/mol. The molecule has 2 fully saturated rings. The summed E-state index contributed by atoms with van der Waals surface area (Å²) in [6.07, 6.45) is 9.65. The van der Waals surface area contributed by atoms with Gasteiger partial charge in [-0.05, 0) is 42.6 Å². The minimum Gasteiger partial charge on any atom is -0.310 e. The van der Waals surface area contributed by atoms with Crippen molar-refractivity contribution < 1.29 is 0 Å². The molecule has 0 heterocycles. The molecule has 1 aromatic carbocycles. The highest BCUT2D eigenvalue weighted by molar-refractivity contribution is 5.22. The first kappa shape index (κ1) is 14.1. The van der Waals surface area contributed by atoms with Crippen LogP contribution in [0.25, 0.3) is 0 Å². The average molecular weight is 271 g/mol. The van der Waals surface area contributed by atoms with E-state index < -0.39 is 0 Å². The summed E-state index contributed by atoms with van der Waals surface area (Å²) < 4.78 is 0. The monoisotopic (exact) mass is 271 g/mol. The fraction of sp³-hybridized carbons (Fsp3) is 0.684. The Balaban J connectivity index is 1.73. The van der Waals surface area contributed by atoms with E-state index in [1.807, 2.05) is 0 Å². The second kappa shape index (κ2) is 5.89. The van der Waals surface area contributed by atoms with E-state index in [1.54, 1.807) is 5.56 Å². The molecule has 3 rings (SSSR count). The average Bonchev–Trinajstić information content (AvgIpc) is 2.80. The minimum atomic E-state index is 0.485. The van der Waals surface area contributed by atoms with E-state index in [4.69, 9.17) is 0 Å². The molecule has 0 bridgehead atoms. The van der Waals surface area contributed by atoms with Crippen molar-refractivity contribution in [2.45, 2.75) is 76.8 Å². The molecular formula is C19H29N. The summed E-state index contributed by atoms with van der Waals surface area (Å²) in [6.45, 7) is 4.88. The fourth-order valence-corrected chi connectivity index (χ4v) is 4.32. The zero-order valence-electron chi connectivity index (χ0n) is 13.1. The van der Waals surface area contributed by atoms with Crippen molar-refractivity contribution >= 4 is 0 Å². The first-order valence-electron chi connectivity index (χ1n) is 8.48. The van der Waals surface area contributed by atoms with Gasteiger partial charge in [0.05, 0.1) is 0 Å². The maximum atomic E-state index is 4.06. The van der Waals surface area contributed by atoms with Crippen molar-refractivity contribution in [2.75, 3.05) is 0 Å². The Bertz CT molecular complexity index is 423. The molecule has 1 N–H and O–H groups in total. The van der Waals surface area contributed by atoms with Crippen molar-refractivity contribution in [3.05, 3.63) is 35.9 Å². The van der Waals surface area contributed by atoms with Gasteiger partial charge in [0.2, 0.25) is 0 Å². The van der Waals surface area contributed by atoms with Crippen LogP contribution < -0.4 is 5.32 Å². The number of benzene rings is 1. The van der Waals surface area contributed by atoms with E-state index in [0.717, 1.165) is 12.0 Å². The normalized spacial score (nSPS) is 33.2. The van der Waals surface area contributed by atoms with Crippen molar-refractivity contribution in [1.82, 2.24) is 5.32 Å². The molecule has 0 aromatic heterocycles. The Hall–Kier alpha value is -0.820. The van der Waals surface area contributed by atoms with Crippen LogP contribution in [0.3, 0.4) is 0 Å². The molecule has 0 aliphatic heterocycles. The molecule has 1 heteroatoms. The first-order valence-corrected chi connectivity index (χ1v) is 8.48. The standard InChI is InChI=1S/C19H29N/c1-19(2)14-8-13-18(19)20-17-12-7-6-11-16(17)15-9-4-3-5-10-15/h3-5,9-10,16-18,20H,6-8,11-14H2,1-2H3. The lowest BCUT2D eigenvalue weighted by Gasteiger charge is -2.38. The van der Waals surface area contributed by atoms with Crippen LogP contribution >= 0.6 is 0 Å². The molecule has 1 aromatic rings. The van der Waals surface area contributed by atoms with Crippen LogP contribution in [0.15, 0.2) is 30.3 Å². The van der Waals surface area contributed by atoms with Crippen LogP contribution in [-0.2, 0) is 0 Å². The summed E-state index contributed by atoms with van der Waals surface area (Å²) in [4.78, 5) is 0. The molecule has 2 aliphatic rings. The van der Waals surface area contributed by atoms with Crippen LogP contribution in [0, 0.1) is 5.41 Å². The molecule has 2 aliphatic carbocycles. The molecule has 2 saturated carbocycles. The van der Waals surface area contributed by atoms with Crippen molar-refractivity contribution in [3.8, 4) is 0 Å². The van der Waals surface area contributed by atoms with Crippen LogP contribution in [0.4, 0.5) is 0 Å². The second-order valence-electron chi connectivity index (χ2n) is 7.51. The van der Waals surface area contributed by atoms with E-state index in [9.17, 15) is 0 Å². The summed E-state index contributed by atoms with van der Waals surface area (Å²) >= 11 is 0. The van der Waals surface area contributed by atoms with Crippen LogP contribution in [0.1, 0.15) is 70.3 Å². The summed E-state index contributed by atoms with van der Waals surface area (Å²) in [5, 5.41) is 4.06. The summed E-state index contributed by atoms with van der Waals surface area (Å²) in [6, 6.07) is 12.6. The largest absolute Gasteiger partial charge is 0.310 e. The molecule has 0 saturated heterocycles. The first-order chi connectivity index (χ1) is 9.67. The Morgan fingerprint density at radius 2 is 1.70 bits per heavy atom. The predicted octanol–water partition coefficient (Wildman–Crippen LogP) is 4.88. The minimum absolute atomic E-state index is 0.485. The van der Waals surface area contributed by atoms with Crippen molar-refractivity contribution in [2.24, 2.45) is 5.41 Å². The molecule has 1 nitrogen and oxygen atoms in total. The number of hydrogen-bond acceptors (Lipinski definition) is 1. The van der Waals surface area contributed by atoms with Crippen LogP contribution in [0.5, 0.6) is 0 Å². The molecule has 0 spiro atoms. The van der Waals surface area contributed by atoms with Gasteiger partial charge in [-0.2, -0.15) is 0 Å². The third-order valence-electron chi connectivity index (χ3n) is 5.67. The van der Waals surface area contributed by atoms with Gasteiger partial charge in [-0.3, -0.25) is 0 Å².